The normalized spacial score (nSPS) is 15.1. The van der Waals surface area contributed by atoms with Gasteiger partial charge in [-0.3, -0.25) is 0 Å². The molecular formula is C64H49F2NS2. The Kier molecular flexibility index (Phi) is 9.84. The van der Waals surface area contributed by atoms with Gasteiger partial charge in [0.2, 0.25) is 0 Å². The van der Waals surface area contributed by atoms with E-state index in [1.165, 1.54) is 95.6 Å². The van der Waals surface area contributed by atoms with Crippen LogP contribution in [0.15, 0.2) is 170 Å². The van der Waals surface area contributed by atoms with Gasteiger partial charge in [-0.1, -0.05) is 150 Å². The van der Waals surface area contributed by atoms with Crippen LogP contribution in [0.25, 0.3) is 101 Å². The number of aromatic nitrogens is 1. The summed E-state index contributed by atoms with van der Waals surface area (Å²) < 4.78 is 38.5. The van der Waals surface area contributed by atoms with Crippen LogP contribution in [-0.2, 0) is 6.42 Å². The number of nitrogens with zero attached hydrogens (tertiary/aromatic N) is 1. The molecule has 0 amide bonds. The van der Waals surface area contributed by atoms with Gasteiger partial charge >= 0.3 is 0 Å². The third-order valence-corrected chi connectivity index (χ3v) is 17.5. The molecule has 0 bridgehead atoms. The van der Waals surface area contributed by atoms with E-state index in [9.17, 15) is 0 Å². The smallest absolute Gasteiger partial charge is 0.123 e. The molecule has 13 rings (SSSR count). The third-order valence-electron chi connectivity index (χ3n) is 15.2. The molecule has 0 aliphatic heterocycles. The van der Waals surface area contributed by atoms with E-state index in [1.807, 2.05) is 46.9 Å². The molecule has 0 N–H and O–H groups in total. The molecule has 1 nitrogen and oxygen atoms in total. The summed E-state index contributed by atoms with van der Waals surface area (Å²) in [5.74, 6) is -0.469. The van der Waals surface area contributed by atoms with Gasteiger partial charge in [0.05, 0.1) is 16.7 Å². The van der Waals surface area contributed by atoms with Crippen molar-refractivity contribution in [2.45, 2.75) is 64.7 Å². The highest BCUT2D eigenvalue weighted by Gasteiger charge is 2.38. The van der Waals surface area contributed by atoms with Gasteiger partial charge in [-0.15, -0.1) is 22.7 Å². The van der Waals surface area contributed by atoms with Crippen LogP contribution < -0.4 is 0 Å². The average molecular weight is 934 g/mol. The van der Waals surface area contributed by atoms with Gasteiger partial charge < -0.3 is 4.57 Å². The molecule has 2 atom stereocenters. The number of fused-ring (bicyclic) bond motifs is 14. The summed E-state index contributed by atoms with van der Waals surface area (Å²) in [6, 6.07) is 59.4. The zero-order valence-corrected chi connectivity index (χ0v) is 40.8. The highest BCUT2D eigenvalue weighted by atomic mass is 32.1. The summed E-state index contributed by atoms with van der Waals surface area (Å²) in [6.07, 6.45) is 0.775. The van der Waals surface area contributed by atoms with Crippen LogP contribution in [0.3, 0.4) is 0 Å². The van der Waals surface area contributed by atoms with E-state index < -0.39 is 0 Å². The lowest BCUT2D eigenvalue weighted by Gasteiger charge is -2.36. The highest BCUT2D eigenvalue weighted by molar-refractivity contribution is 7.26. The molecule has 3 aromatic heterocycles. The van der Waals surface area contributed by atoms with E-state index in [0.717, 1.165) is 39.9 Å². The minimum atomic E-state index is -0.268. The molecule has 5 heteroatoms. The van der Waals surface area contributed by atoms with Crippen molar-refractivity contribution in [2.75, 3.05) is 0 Å². The van der Waals surface area contributed by atoms with Gasteiger partial charge in [-0.05, 0) is 146 Å². The number of halogens is 2. The van der Waals surface area contributed by atoms with Crippen molar-refractivity contribution in [3.8, 4) is 39.1 Å². The molecule has 1 aliphatic carbocycles. The number of rotatable bonds is 6. The fourth-order valence-electron chi connectivity index (χ4n) is 12.3. The standard InChI is InChI=1S/C64H49F2NS2/c1-35(2)56-58(38-22-26-40(65)27-23-38)62(49-34-50-44(43-15-7-6-14-42(43)37(49)5)30-32-54-60(50)47-17-9-12-20-52(47)68-54)59(39-24-28-41(66)29-25-39)57(36(3)4)64(56)67-51-19-11-8-16-45(51)46-31-33-55-61(63(46)67)48-18-10-13-21-53(48)69-55/h6-33,35-37,49H,34H2,1-5H3. The molecule has 69 heavy (non-hydrogen) atoms. The predicted molar refractivity (Wildman–Crippen MR) is 292 cm³/mol. The molecule has 0 radical (unpaired) electrons. The van der Waals surface area contributed by atoms with E-state index in [1.54, 1.807) is 24.3 Å². The molecule has 0 fully saturated rings. The summed E-state index contributed by atoms with van der Waals surface area (Å²) >= 11 is 3.71. The van der Waals surface area contributed by atoms with Gasteiger partial charge in [0, 0.05) is 51.1 Å². The lowest BCUT2D eigenvalue weighted by molar-refractivity contribution is 0.581. The Morgan fingerprint density at radius 3 is 1.64 bits per heavy atom. The first-order chi connectivity index (χ1) is 33.7. The molecule has 0 saturated carbocycles. The second-order valence-electron chi connectivity index (χ2n) is 19.7. The molecular weight excluding hydrogens is 885 g/mol. The van der Waals surface area contributed by atoms with Crippen LogP contribution in [0.1, 0.15) is 86.1 Å². The van der Waals surface area contributed by atoms with E-state index in [-0.39, 0.29) is 35.3 Å². The van der Waals surface area contributed by atoms with Crippen LogP contribution in [-0.4, -0.2) is 4.57 Å². The number of benzene rings is 9. The predicted octanol–water partition coefficient (Wildman–Crippen LogP) is 19.5. The Hall–Kier alpha value is -6.92. The number of hydrogen-bond acceptors (Lipinski definition) is 2. The second kappa shape index (κ2) is 16.1. The van der Waals surface area contributed by atoms with Crippen molar-refractivity contribution < 1.29 is 8.78 Å². The summed E-state index contributed by atoms with van der Waals surface area (Å²) in [4.78, 5) is 0. The van der Waals surface area contributed by atoms with Crippen molar-refractivity contribution in [3.05, 3.63) is 209 Å². The van der Waals surface area contributed by atoms with Crippen molar-refractivity contribution in [1.29, 1.82) is 0 Å². The van der Waals surface area contributed by atoms with Gasteiger partial charge in [-0.2, -0.15) is 0 Å². The minimum Gasteiger partial charge on any atom is -0.308 e. The first-order valence-corrected chi connectivity index (χ1v) is 25.9. The second-order valence-corrected chi connectivity index (χ2v) is 21.9. The van der Waals surface area contributed by atoms with Crippen LogP contribution in [0.5, 0.6) is 0 Å². The zero-order chi connectivity index (χ0) is 46.8. The highest BCUT2D eigenvalue weighted by Crippen LogP contribution is 2.57. The molecule has 336 valence electrons. The van der Waals surface area contributed by atoms with Crippen molar-refractivity contribution in [1.82, 2.24) is 4.57 Å². The Morgan fingerprint density at radius 1 is 0.493 bits per heavy atom. The molecule has 1 aliphatic rings. The maximum absolute atomic E-state index is 15.4. The average Bonchev–Trinajstić information content (AvgIpc) is 4.02. The molecule has 2 unspecified atom stereocenters. The van der Waals surface area contributed by atoms with Crippen LogP contribution >= 0.6 is 22.7 Å². The van der Waals surface area contributed by atoms with Gasteiger partial charge in [0.25, 0.3) is 0 Å². The number of hydrogen-bond donors (Lipinski definition) is 0. The molecule has 12 aromatic rings. The first kappa shape index (κ1) is 42.2. The van der Waals surface area contributed by atoms with Gasteiger partial charge in [0.15, 0.2) is 0 Å². The van der Waals surface area contributed by atoms with E-state index in [0.29, 0.717) is 0 Å². The molecule has 0 spiro atoms. The van der Waals surface area contributed by atoms with Crippen molar-refractivity contribution in [2.24, 2.45) is 0 Å². The lowest BCUT2D eigenvalue weighted by Crippen LogP contribution is -2.19. The minimum absolute atomic E-state index is 0.0291. The van der Waals surface area contributed by atoms with Crippen LogP contribution in [0.4, 0.5) is 8.78 Å². The molecule has 3 heterocycles. The van der Waals surface area contributed by atoms with E-state index >= 15 is 8.78 Å². The topological polar surface area (TPSA) is 4.93 Å². The van der Waals surface area contributed by atoms with Crippen molar-refractivity contribution in [3.63, 3.8) is 0 Å². The SMILES string of the molecule is CC(C)c1c(-c2ccc(F)cc2)c(C2Cc3c(ccc4sc5ccccc5c34)-c3ccccc3C2C)c(-c2ccc(F)cc2)c(C(C)C)c1-n1c2ccccc2c2ccc3sc4ccccc4c3c21. The Morgan fingerprint density at radius 2 is 1.01 bits per heavy atom. The Labute approximate surface area is 408 Å². The van der Waals surface area contributed by atoms with Crippen LogP contribution in [0, 0.1) is 11.6 Å². The third kappa shape index (κ3) is 6.36. The summed E-state index contributed by atoms with van der Waals surface area (Å²) in [5.41, 5.74) is 16.6. The quantitative estimate of drug-likeness (QED) is 0.157. The monoisotopic (exact) mass is 933 g/mol. The fourth-order valence-corrected chi connectivity index (χ4v) is 14.6. The Balaban J connectivity index is 1.26. The lowest BCUT2D eigenvalue weighted by atomic mass is 9.69. The van der Waals surface area contributed by atoms with E-state index in [2.05, 4.69) is 161 Å². The van der Waals surface area contributed by atoms with E-state index in [4.69, 9.17) is 0 Å². The Bertz CT molecular complexity index is 3960. The molecule has 9 aromatic carbocycles. The number of thiophene rings is 2. The van der Waals surface area contributed by atoms with Gasteiger partial charge in [-0.25, -0.2) is 8.78 Å². The summed E-state index contributed by atoms with van der Waals surface area (Å²) in [5, 5.41) is 7.52. The summed E-state index contributed by atoms with van der Waals surface area (Å²) in [7, 11) is 0. The van der Waals surface area contributed by atoms with Crippen LogP contribution in [0.2, 0.25) is 0 Å². The summed E-state index contributed by atoms with van der Waals surface area (Å²) in [6.45, 7) is 11.8. The maximum atomic E-state index is 15.4. The fraction of sp³-hybridized carbons (Fsp3) is 0.156. The number of para-hydroxylation sites is 1. The van der Waals surface area contributed by atoms with Gasteiger partial charge in [0.1, 0.15) is 11.6 Å². The first-order valence-electron chi connectivity index (χ1n) is 24.3. The largest absolute Gasteiger partial charge is 0.308 e. The van der Waals surface area contributed by atoms with Crippen molar-refractivity contribution >= 4 is 84.8 Å². The molecule has 0 saturated heterocycles. The maximum Gasteiger partial charge on any atom is 0.123 e. The zero-order valence-electron chi connectivity index (χ0n) is 39.2.